The van der Waals surface area contributed by atoms with Gasteiger partial charge in [0.1, 0.15) is 0 Å². The highest BCUT2D eigenvalue weighted by Gasteiger charge is 1.99. The first-order valence-electron chi connectivity index (χ1n) is 4.18. The highest BCUT2D eigenvalue weighted by atomic mass is 16.1. The van der Waals surface area contributed by atoms with Crippen LogP contribution in [0.15, 0.2) is 23.8 Å². The molecule has 0 fully saturated rings. The highest BCUT2D eigenvalue weighted by molar-refractivity contribution is 5.95. The fourth-order valence-corrected chi connectivity index (χ4v) is 1.20. The van der Waals surface area contributed by atoms with Gasteiger partial charge < -0.3 is 0 Å². The van der Waals surface area contributed by atoms with E-state index in [2.05, 4.69) is 6.08 Å². The number of carbonyl (C=O) groups excluding carboxylic acids is 1. The van der Waals surface area contributed by atoms with E-state index in [1.807, 2.05) is 12.2 Å². The molecule has 0 spiro atoms. The monoisotopic (exact) mass is 150 g/mol. The second-order valence-electron chi connectivity index (χ2n) is 2.90. The maximum Gasteiger partial charge on any atom is 0.159 e. The molecule has 0 heterocycles. The number of carbonyl (C=O) groups is 1. The van der Waals surface area contributed by atoms with Crippen LogP contribution in [-0.2, 0) is 4.79 Å². The van der Waals surface area contributed by atoms with Crippen LogP contribution in [0.3, 0.4) is 0 Å². The van der Waals surface area contributed by atoms with Crippen molar-refractivity contribution in [2.45, 2.75) is 32.6 Å². The number of ketones is 1. The average molecular weight is 150 g/mol. The number of hydrogen-bond donors (Lipinski definition) is 0. The summed E-state index contributed by atoms with van der Waals surface area (Å²) in [6.07, 6.45) is 10.7. The van der Waals surface area contributed by atoms with E-state index in [0.717, 1.165) is 18.4 Å². The van der Waals surface area contributed by atoms with Crippen molar-refractivity contribution < 1.29 is 4.79 Å². The maximum absolute atomic E-state index is 10.9. The molecule has 0 atom stereocenters. The average Bonchev–Trinajstić information content (AvgIpc) is 1.84. The molecule has 11 heavy (non-hydrogen) atoms. The second kappa shape index (κ2) is 4.12. The summed E-state index contributed by atoms with van der Waals surface area (Å²) in [6.45, 7) is 1.62. The number of allylic oxidation sites excluding steroid dienone is 4. The molecule has 0 bridgehead atoms. The van der Waals surface area contributed by atoms with Crippen LogP contribution in [0.1, 0.15) is 32.6 Å². The van der Waals surface area contributed by atoms with Crippen molar-refractivity contribution in [2.75, 3.05) is 0 Å². The van der Waals surface area contributed by atoms with E-state index in [1.54, 1.807) is 6.92 Å². The van der Waals surface area contributed by atoms with Crippen LogP contribution < -0.4 is 0 Å². The van der Waals surface area contributed by atoms with Crippen molar-refractivity contribution in [1.29, 1.82) is 0 Å². The molecule has 1 nitrogen and oxygen atoms in total. The molecular weight excluding hydrogens is 136 g/mol. The molecule has 0 aromatic rings. The van der Waals surface area contributed by atoms with Gasteiger partial charge in [-0.15, -0.1) is 0 Å². The standard InChI is InChI=1S/C10H14O/c1-9(11)10-7-5-3-2-4-6-8-10/h5,7-8H,2-4,6H2,1H3/b7-5-,10-8+. The van der Waals surface area contributed by atoms with Crippen LogP contribution in [0.25, 0.3) is 0 Å². The molecule has 1 heteroatoms. The third-order valence-corrected chi connectivity index (χ3v) is 1.89. The number of Topliss-reactive ketones (excluding diaryl/α,β-unsaturated/α-hetero) is 1. The zero-order valence-corrected chi connectivity index (χ0v) is 6.97. The van der Waals surface area contributed by atoms with Gasteiger partial charge in [0.05, 0.1) is 0 Å². The molecule has 0 aromatic carbocycles. The van der Waals surface area contributed by atoms with Gasteiger partial charge >= 0.3 is 0 Å². The topological polar surface area (TPSA) is 17.1 Å². The molecule has 0 amide bonds. The minimum absolute atomic E-state index is 0.183. The SMILES string of the molecule is CC(=O)C1=C/CCCC/C=C\1. The van der Waals surface area contributed by atoms with Gasteiger partial charge in [-0.05, 0) is 32.6 Å². The molecule has 0 saturated carbocycles. The van der Waals surface area contributed by atoms with Crippen LogP contribution in [0.5, 0.6) is 0 Å². The van der Waals surface area contributed by atoms with E-state index < -0.39 is 0 Å². The Labute approximate surface area is 67.8 Å². The van der Waals surface area contributed by atoms with Crippen LogP contribution in [0.4, 0.5) is 0 Å². The normalized spacial score (nSPS) is 26.1. The zero-order valence-electron chi connectivity index (χ0n) is 6.97. The molecule has 1 rings (SSSR count). The van der Waals surface area contributed by atoms with Gasteiger partial charge in [-0.3, -0.25) is 4.79 Å². The molecule has 0 aliphatic heterocycles. The minimum Gasteiger partial charge on any atom is -0.295 e. The van der Waals surface area contributed by atoms with Gasteiger partial charge in [0, 0.05) is 5.57 Å². The molecule has 1 aliphatic rings. The highest BCUT2D eigenvalue weighted by Crippen LogP contribution is 2.10. The Morgan fingerprint density at radius 1 is 1.36 bits per heavy atom. The molecule has 0 aromatic heterocycles. The lowest BCUT2D eigenvalue weighted by Gasteiger charge is -2.01. The summed E-state index contributed by atoms with van der Waals surface area (Å²) in [4.78, 5) is 10.9. The van der Waals surface area contributed by atoms with E-state index in [4.69, 9.17) is 0 Å². The van der Waals surface area contributed by atoms with E-state index in [1.165, 1.54) is 12.8 Å². The smallest absolute Gasteiger partial charge is 0.159 e. The molecule has 0 radical (unpaired) electrons. The van der Waals surface area contributed by atoms with Gasteiger partial charge in [-0.25, -0.2) is 0 Å². The molecule has 0 unspecified atom stereocenters. The van der Waals surface area contributed by atoms with Crippen molar-refractivity contribution in [3.8, 4) is 0 Å². The number of hydrogen-bond acceptors (Lipinski definition) is 1. The number of rotatable bonds is 1. The first-order chi connectivity index (χ1) is 5.30. The summed E-state index contributed by atoms with van der Waals surface area (Å²) in [5, 5.41) is 0. The third-order valence-electron chi connectivity index (χ3n) is 1.89. The fraction of sp³-hybridized carbons (Fsp3) is 0.500. The van der Waals surface area contributed by atoms with Crippen molar-refractivity contribution >= 4 is 5.78 Å². The lowest BCUT2D eigenvalue weighted by molar-refractivity contribution is -0.113. The minimum atomic E-state index is 0.183. The Morgan fingerprint density at radius 2 is 2.09 bits per heavy atom. The summed E-state index contributed by atoms with van der Waals surface area (Å²) >= 11 is 0. The Morgan fingerprint density at radius 3 is 2.82 bits per heavy atom. The van der Waals surface area contributed by atoms with E-state index in [-0.39, 0.29) is 5.78 Å². The van der Waals surface area contributed by atoms with Gasteiger partial charge in [-0.1, -0.05) is 18.2 Å². The van der Waals surface area contributed by atoms with Gasteiger partial charge in [-0.2, -0.15) is 0 Å². The molecule has 1 aliphatic carbocycles. The Hall–Kier alpha value is -0.850. The molecule has 60 valence electrons. The van der Waals surface area contributed by atoms with Crippen LogP contribution in [0.2, 0.25) is 0 Å². The lowest BCUT2D eigenvalue weighted by Crippen LogP contribution is -1.94. The van der Waals surface area contributed by atoms with Gasteiger partial charge in [0.15, 0.2) is 5.78 Å². The predicted molar refractivity (Wildman–Crippen MR) is 46.4 cm³/mol. The Balaban J connectivity index is 2.66. The molecule has 0 N–H and O–H groups in total. The molecule has 0 saturated heterocycles. The Bertz CT molecular complexity index is 199. The summed E-state index contributed by atoms with van der Waals surface area (Å²) in [6, 6.07) is 0. The summed E-state index contributed by atoms with van der Waals surface area (Å²) in [5.74, 6) is 0.183. The van der Waals surface area contributed by atoms with Crippen molar-refractivity contribution in [1.82, 2.24) is 0 Å². The Kier molecular flexibility index (Phi) is 3.09. The molecular formula is C10H14O. The van der Waals surface area contributed by atoms with Crippen LogP contribution in [-0.4, -0.2) is 5.78 Å². The van der Waals surface area contributed by atoms with Crippen molar-refractivity contribution in [3.05, 3.63) is 23.8 Å². The summed E-state index contributed by atoms with van der Waals surface area (Å²) < 4.78 is 0. The van der Waals surface area contributed by atoms with Crippen molar-refractivity contribution in [3.63, 3.8) is 0 Å². The fourth-order valence-electron chi connectivity index (χ4n) is 1.20. The van der Waals surface area contributed by atoms with Gasteiger partial charge in [0.2, 0.25) is 0 Å². The lowest BCUT2D eigenvalue weighted by atomic mass is 10.0. The van der Waals surface area contributed by atoms with Crippen LogP contribution in [0, 0.1) is 0 Å². The largest absolute Gasteiger partial charge is 0.295 e. The first kappa shape index (κ1) is 8.25. The summed E-state index contributed by atoms with van der Waals surface area (Å²) in [5.41, 5.74) is 0.879. The zero-order chi connectivity index (χ0) is 8.10. The summed E-state index contributed by atoms with van der Waals surface area (Å²) in [7, 11) is 0. The predicted octanol–water partition coefficient (Wildman–Crippen LogP) is 2.63. The quantitative estimate of drug-likeness (QED) is 0.561. The first-order valence-corrected chi connectivity index (χ1v) is 4.18. The van der Waals surface area contributed by atoms with E-state index in [9.17, 15) is 4.79 Å². The van der Waals surface area contributed by atoms with E-state index >= 15 is 0 Å². The third kappa shape index (κ3) is 2.71. The van der Waals surface area contributed by atoms with Gasteiger partial charge in [0.25, 0.3) is 0 Å². The van der Waals surface area contributed by atoms with Crippen LogP contribution >= 0.6 is 0 Å². The second-order valence-corrected chi connectivity index (χ2v) is 2.90. The van der Waals surface area contributed by atoms with E-state index in [0.29, 0.717) is 0 Å². The van der Waals surface area contributed by atoms with Crippen molar-refractivity contribution in [2.24, 2.45) is 0 Å². The maximum atomic E-state index is 10.9.